The van der Waals surface area contributed by atoms with Crippen LogP contribution in [0.4, 0.5) is 5.82 Å². The Labute approximate surface area is 123 Å². The Balaban J connectivity index is 1.76. The first-order valence-electron chi connectivity index (χ1n) is 7.18. The van der Waals surface area contributed by atoms with E-state index in [2.05, 4.69) is 14.9 Å². The van der Waals surface area contributed by atoms with Crippen molar-refractivity contribution in [3.05, 3.63) is 17.0 Å². The van der Waals surface area contributed by atoms with Crippen LogP contribution in [0.2, 0.25) is 5.15 Å². The van der Waals surface area contributed by atoms with Gasteiger partial charge in [-0.15, -0.1) is 0 Å². The molecule has 1 saturated carbocycles. The summed E-state index contributed by atoms with van der Waals surface area (Å²) >= 11 is 6.12. The molecule has 2 fully saturated rings. The lowest BCUT2D eigenvalue weighted by atomic mass is 10.3. The topological polar surface area (TPSA) is 49.3 Å². The molecule has 0 spiro atoms. The summed E-state index contributed by atoms with van der Waals surface area (Å²) < 4.78 is 0. The average Bonchev–Trinajstić information content (AvgIpc) is 3.24. The molecule has 0 N–H and O–H groups in total. The molecule has 1 aliphatic heterocycles. The Bertz CT molecular complexity index is 518. The van der Waals surface area contributed by atoms with Gasteiger partial charge in [-0.25, -0.2) is 9.97 Å². The number of hydrogen-bond donors (Lipinski definition) is 0. The minimum atomic E-state index is 0.145. The summed E-state index contributed by atoms with van der Waals surface area (Å²) in [6.07, 6.45) is 3.29. The lowest BCUT2D eigenvalue weighted by molar-refractivity contribution is -0.128. The van der Waals surface area contributed by atoms with E-state index in [9.17, 15) is 4.79 Å². The smallest absolute Gasteiger partial charge is 0.219 e. The Morgan fingerprint density at radius 3 is 2.75 bits per heavy atom. The largest absolute Gasteiger partial charge is 0.355 e. The van der Waals surface area contributed by atoms with Gasteiger partial charge in [0.15, 0.2) is 0 Å². The van der Waals surface area contributed by atoms with Gasteiger partial charge in [0, 0.05) is 45.1 Å². The van der Waals surface area contributed by atoms with Gasteiger partial charge in [-0.05, 0) is 19.3 Å². The van der Waals surface area contributed by atoms with Crippen LogP contribution in [0.25, 0.3) is 0 Å². The molecular weight excluding hydrogens is 276 g/mol. The normalized spacial score (nSPS) is 19.9. The summed E-state index contributed by atoms with van der Waals surface area (Å²) in [4.78, 5) is 24.5. The first-order chi connectivity index (χ1) is 9.63. The van der Waals surface area contributed by atoms with Crippen molar-refractivity contribution in [2.45, 2.75) is 32.1 Å². The zero-order chi connectivity index (χ0) is 14.1. The summed E-state index contributed by atoms with van der Waals surface area (Å²) in [5.74, 6) is 2.41. The van der Waals surface area contributed by atoms with Gasteiger partial charge in [0.25, 0.3) is 0 Å². The molecule has 108 valence electrons. The van der Waals surface area contributed by atoms with Gasteiger partial charge in [0.05, 0.1) is 0 Å². The number of amides is 1. The number of aromatic nitrogens is 2. The molecule has 20 heavy (non-hydrogen) atoms. The van der Waals surface area contributed by atoms with E-state index < -0.39 is 0 Å². The number of rotatable bonds is 2. The molecule has 0 bridgehead atoms. The first-order valence-corrected chi connectivity index (χ1v) is 7.56. The summed E-state index contributed by atoms with van der Waals surface area (Å²) in [7, 11) is 0. The average molecular weight is 295 g/mol. The lowest BCUT2D eigenvalue weighted by Crippen LogP contribution is -2.34. The third kappa shape index (κ3) is 3.03. The number of anilines is 1. The highest BCUT2D eigenvalue weighted by atomic mass is 35.5. The highest BCUT2D eigenvalue weighted by molar-refractivity contribution is 6.29. The van der Waals surface area contributed by atoms with Gasteiger partial charge < -0.3 is 9.80 Å². The van der Waals surface area contributed by atoms with Crippen molar-refractivity contribution in [2.75, 3.05) is 31.1 Å². The van der Waals surface area contributed by atoms with E-state index in [1.54, 1.807) is 6.92 Å². The van der Waals surface area contributed by atoms with Crippen molar-refractivity contribution in [1.29, 1.82) is 0 Å². The second-order valence-corrected chi connectivity index (χ2v) is 5.92. The second-order valence-electron chi connectivity index (χ2n) is 5.53. The van der Waals surface area contributed by atoms with Crippen LogP contribution in [0.15, 0.2) is 6.07 Å². The molecule has 6 heteroatoms. The van der Waals surface area contributed by atoms with Crippen LogP contribution in [0.1, 0.15) is 37.9 Å². The molecule has 0 unspecified atom stereocenters. The Kier molecular flexibility index (Phi) is 3.78. The third-order valence-electron chi connectivity index (χ3n) is 3.91. The summed E-state index contributed by atoms with van der Waals surface area (Å²) in [5.41, 5.74) is 0. The predicted molar refractivity (Wildman–Crippen MR) is 78.1 cm³/mol. The van der Waals surface area contributed by atoms with E-state index in [0.29, 0.717) is 11.1 Å². The lowest BCUT2D eigenvalue weighted by Gasteiger charge is -2.22. The van der Waals surface area contributed by atoms with Crippen LogP contribution >= 0.6 is 11.6 Å². The van der Waals surface area contributed by atoms with Gasteiger partial charge in [-0.3, -0.25) is 4.79 Å². The van der Waals surface area contributed by atoms with E-state index in [4.69, 9.17) is 11.6 Å². The molecule has 0 aromatic carbocycles. The maximum atomic E-state index is 11.5. The Hall–Kier alpha value is -1.36. The second kappa shape index (κ2) is 5.56. The molecule has 1 aromatic rings. The van der Waals surface area contributed by atoms with Gasteiger partial charge in [-0.1, -0.05) is 11.6 Å². The number of hydrogen-bond acceptors (Lipinski definition) is 4. The van der Waals surface area contributed by atoms with Crippen LogP contribution in [0.5, 0.6) is 0 Å². The van der Waals surface area contributed by atoms with Crippen LogP contribution in [-0.4, -0.2) is 47.0 Å². The molecular formula is C14H19ClN4O. The standard InChI is InChI=1S/C14H19ClN4O/c1-10(20)18-5-2-6-19(8-7-18)13-9-12(15)16-14(17-13)11-3-4-11/h9,11H,2-8H2,1H3. The zero-order valence-corrected chi connectivity index (χ0v) is 12.4. The SMILES string of the molecule is CC(=O)N1CCCN(c2cc(Cl)nc(C3CC3)n2)CC1. The maximum absolute atomic E-state index is 11.5. The summed E-state index contributed by atoms with van der Waals surface area (Å²) in [6.45, 7) is 4.90. The van der Waals surface area contributed by atoms with Crippen molar-refractivity contribution in [3.63, 3.8) is 0 Å². The molecule has 0 radical (unpaired) electrons. The van der Waals surface area contributed by atoms with Gasteiger partial charge in [0.2, 0.25) is 5.91 Å². The molecule has 1 amide bonds. The van der Waals surface area contributed by atoms with Crippen LogP contribution in [0, 0.1) is 0 Å². The van der Waals surface area contributed by atoms with Crippen LogP contribution < -0.4 is 4.90 Å². The van der Waals surface area contributed by atoms with E-state index in [0.717, 1.165) is 57.1 Å². The molecule has 2 heterocycles. The quantitative estimate of drug-likeness (QED) is 0.784. The summed E-state index contributed by atoms with van der Waals surface area (Å²) in [6, 6.07) is 1.83. The number of halogens is 1. The van der Waals surface area contributed by atoms with Crippen LogP contribution in [0.3, 0.4) is 0 Å². The summed E-state index contributed by atoms with van der Waals surface area (Å²) in [5, 5.41) is 0.518. The fraction of sp³-hybridized carbons (Fsp3) is 0.643. The Morgan fingerprint density at radius 1 is 1.25 bits per heavy atom. The molecule has 1 aliphatic carbocycles. The zero-order valence-electron chi connectivity index (χ0n) is 11.7. The van der Waals surface area contributed by atoms with E-state index >= 15 is 0 Å². The van der Waals surface area contributed by atoms with Crippen molar-refractivity contribution < 1.29 is 4.79 Å². The number of carbonyl (C=O) groups is 1. The van der Waals surface area contributed by atoms with Crippen molar-refractivity contribution in [2.24, 2.45) is 0 Å². The fourth-order valence-corrected chi connectivity index (χ4v) is 2.75. The van der Waals surface area contributed by atoms with E-state index in [-0.39, 0.29) is 5.91 Å². The number of nitrogens with zero attached hydrogens (tertiary/aromatic N) is 4. The fourth-order valence-electron chi connectivity index (χ4n) is 2.57. The third-order valence-corrected chi connectivity index (χ3v) is 4.10. The minimum absolute atomic E-state index is 0.145. The van der Waals surface area contributed by atoms with Crippen LogP contribution in [-0.2, 0) is 4.79 Å². The molecule has 5 nitrogen and oxygen atoms in total. The molecule has 3 rings (SSSR count). The number of carbonyl (C=O) groups excluding carboxylic acids is 1. The molecule has 1 saturated heterocycles. The van der Waals surface area contributed by atoms with Gasteiger partial charge >= 0.3 is 0 Å². The minimum Gasteiger partial charge on any atom is -0.355 e. The Morgan fingerprint density at radius 2 is 2.05 bits per heavy atom. The maximum Gasteiger partial charge on any atom is 0.219 e. The highest BCUT2D eigenvalue weighted by Gasteiger charge is 2.28. The first kappa shape index (κ1) is 13.6. The van der Waals surface area contributed by atoms with Gasteiger partial charge in [-0.2, -0.15) is 0 Å². The van der Waals surface area contributed by atoms with Crippen molar-refractivity contribution >= 4 is 23.3 Å². The molecule has 1 aromatic heterocycles. The van der Waals surface area contributed by atoms with Crippen molar-refractivity contribution in [1.82, 2.24) is 14.9 Å². The van der Waals surface area contributed by atoms with E-state index in [1.165, 1.54) is 0 Å². The monoisotopic (exact) mass is 294 g/mol. The highest BCUT2D eigenvalue weighted by Crippen LogP contribution is 2.39. The molecule has 0 atom stereocenters. The van der Waals surface area contributed by atoms with Crippen molar-refractivity contribution in [3.8, 4) is 0 Å². The predicted octanol–water partition coefficient (Wildman–Crippen LogP) is 2.07. The molecule has 2 aliphatic rings. The van der Waals surface area contributed by atoms with E-state index in [1.807, 2.05) is 11.0 Å². The van der Waals surface area contributed by atoms with Gasteiger partial charge in [0.1, 0.15) is 16.8 Å².